The number of hydrogen-bond acceptors (Lipinski definition) is 8. The molecule has 1 aromatic heterocycles. The predicted molar refractivity (Wildman–Crippen MR) is 72.7 cm³/mol. The molecule has 0 unspecified atom stereocenters. The summed E-state index contributed by atoms with van der Waals surface area (Å²) in [5, 5.41) is 13.0. The molecule has 0 atom stereocenters. The van der Waals surface area contributed by atoms with Crippen LogP contribution in [0.4, 0.5) is 10.7 Å². The third-order valence-electron chi connectivity index (χ3n) is 2.08. The quantitative estimate of drug-likeness (QED) is 0.295. The second-order valence-electron chi connectivity index (χ2n) is 3.46. The van der Waals surface area contributed by atoms with Gasteiger partial charge < -0.3 is 10.7 Å². The fourth-order valence-electron chi connectivity index (χ4n) is 1.22. The summed E-state index contributed by atoms with van der Waals surface area (Å²) in [5.74, 6) is 4.58. The van der Waals surface area contributed by atoms with Crippen LogP contribution in [0.3, 0.4) is 0 Å². The normalized spacial score (nSPS) is 11.1. The second kappa shape index (κ2) is 6.60. The molecule has 0 aliphatic rings. The number of nitrogen functional groups attached to an aromatic ring is 1. The van der Waals surface area contributed by atoms with E-state index in [0.717, 1.165) is 6.07 Å². The average molecular weight is 323 g/mol. The Morgan fingerprint density at radius 2 is 2.20 bits per heavy atom. The van der Waals surface area contributed by atoms with Gasteiger partial charge in [-0.25, -0.2) is 19.0 Å². The van der Waals surface area contributed by atoms with Crippen molar-refractivity contribution in [2.75, 3.05) is 18.5 Å². The Labute approximate surface area is 118 Å². The molecule has 10 nitrogen and oxygen atoms in total. The number of anilines is 1. The van der Waals surface area contributed by atoms with E-state index in [-0.39, 0.29) is 9.21 Å². The molecule has 1 rings (SSSR count). The van der Waals surface area contributed by atoms with Crippen molar-refractivity contribution in [2.45, 2.75) is 11.1 Å². The SMILES string of the molecule is CCNC(=O)CNS(=O)(=O)c1cc([N+](=O)[O-])c(NN)s1. The van der Waals surface area contributed by atoms with E-state index < -0.39 is 33.1 Å². The fourth-order valence-corrected chi connectivity index (χ4v) is 3.49. The van der Waals surface area contributed by atoms with Crippen molar-refractivity contribution >= 4 is 38.0 Å². The average Bonchev–Trinajstić information content (AvgIpc) is 2.82. The molecule has 0 aromatic carbocycles. The maximum Gasteiger partial charge on any atom is 0.306 e. The lowest BCUT2D eigenvalue weighted by Crippen LogP contribution is -2.36. The molecule has 1 amide bonds. The summed E-state index contributed by atoms with van der Waals surface area (Å²) in [6.07, 6.45) is 0. The van der Waals surface area contributed by atoms with Crippen molar-refractivity contribution in [2.24, 2.45) is 5.84 Å². The molecule has 0 aliphatic heterocycles. The van der Waals surface area contributed by atoms with E-state index in [1.807, 2.05) is 4.72 Å². The second-order valence-corrected chi connectivity index (χ2v) is 6.51. The number of sulfonamides is 1. The molecule has 0 bridgehead atoms. The van der Waals surface area contributed by atoms with Crippen molar-refractivity contribution in [1.29, 1.82) is 0 Å². The molecular weight excluding hydrogens is 310 g/mol. The van der Waals surface area contributed by atoms with Crippen LogP contribution >= 0.6 is 11.3 Å². The number of carbonyl (C=O) groups is 1. The smallest absolute Gasteiger partial charge is 0.306 e. The van der Waals surface area contributed by atoms with E-state index in [0.29, 0.717) is 17.9 Å². The summed E-state index contributed by atoms with van der Waals surface area (Å²) in [4.78, 5) is 21.1. The van der Waals surface area contributed by atoms with Gasteiger partial charge in [-0.05, 0) is 6.92 Å². The van der Waals surface area contributed by atoms with Crippen molar-refractivity contribution in [1.82, 2.24) is 10.0 Å². The zero-order chi connectivity index (χ0) is 15.3. The highest BCUT2D eigenvalue weighted by Gasteiger charge is 2.26. The molecule has 0 radical (unpaired) electrons. The molecule has 0 fully saturated rings. The van der Waals surface area contributed by atoms with Crippen molar-refractivity contribution in [3.05, 3.63) is 16.2 Å². The first-order valence-corrected chi connectivity index (χ1v) is 7.63. The van der Waals surface area contributed by atoms with Crippen LogP contribution in [-0.2, 0) is 14.8 Å². The molecule has 5 N–H and O–H groups in total. The van der Waals surface area contributed by atoms with Gasteiger partial charge in [0.15, 0.2) is 5.00 Å². The number of nitrogens with one attached hydrogen (secondary N) is 3. The third kappa shape index (κ3) is 3.86. The number of nitro groups is 1. The minimum Gasteiger partial charge on any atom is -0.355 e. The summed E-state index contributed by atoms with van der Waals surface area (Å²) in [6.45, 7) is 1.60. The molecule has 0 saturated heterocycles. The van der Waals surface area contributed by atoms with Gasteiger partial charge in [-0.1, -0.05) is 11.3 Å². The third-order valence-corrected chi connectivity index (χ3v) is 5.01. The Morgan fingerprint density at radius 3 is 2.65 bits per heavy atom. The van der Waals surface area contributed by atoms with Crippen LogP contribution in [0.5, 0.6) is 0 Å². The van der Waals surface area contributed by atoms with Gasteiger partial charge in [0.05, 0.1) is 11.5 Å². The first-order chi connectivity index (χ1) is 9.31. The highest BCUT2D eigenvalue weighted by atomic mass is 32.2. The summed E-state index contributed by atoms with van der Waals surface area (Å²) in [6, 6.07) is 0.875. The number of hydrogen-bond donors (Lipinski definition) is 4. The van der Waals surface area contributed by atoms with E-state index in [1.165, 1.54) is 0 Å². The van der Waals surface area contributed by atoms with Gasteiger partial charge in [-0.15, -0.1) is 0 Å². The van der Waals surface area contributed by atoms with Gasteiger partial charge >= 0.3 is 5.69 Å². The van der Waals surface area contributed by atoms with Crippen LogP contribution in [0.2, 0.25) is 0 Å². The van der Waals surface area contributed by atoms with Crippen LogP contribution in [0, 0.1) is 10.1 Å². The van der Waals surface area contributed by atoms with Crippen molar-refractivity contribution in [3.63, 3.8) is 0 Å². The Bertz CT molecular complexity index is 611. The van der Waals surface area contributed by atoms with Crippen molar-refractivity contribution < 1.29 is 18.1 Å². The summed E-state index contributed by atoms with van der Waals surface area (Å²) in [5.41, 5.74) is 1.61. The van der Waals surface area contributed by atoms with Crippen LogP contribution in [-0.4, -0.2) is 32.3 Å². The summed E-state index contributed by atoms with van der Waals surface area (Å²) >= 11 is 0.600. The molecular formula is C8H13N5O5S2. The van der Waals surface area contributed by atoms with E-state index in [2.05, 4.69) is 10.7 Å². The summed E-state index contributed by atoms with van der Waals surface area (Å²) in [7, 11) is -4.01. The van der Waals surface area contributed by atoms with E-state index in [1.54, 1.807) is 6.92 Å². The minimum atomic E-state index is -4.01. The monoisotopic (exact) mass is 323 g/mol. The molecule has 112 valence electrons. The highest BCUT2D eigenvalue weighted by Crippen LogP contribution is 2.36. The van der Waals surface area contributed by atoms with Gasteiger partial charge in [-0.2, -0.15) is 0 Å². The minimum absolute atomic E-state index is 0.0895. The number of thiophene rings is 1. The first-order valence-electron chi connectivity index (χ1n) is 5.33. The number of hydrazine groups is 1. The Hall–Kier alpha value is -1.76. The van der Waals surface area contributed by atoms with Gasteiger partial charge in [0.25, 0.3) is 10.0 Å². The molecule has 20 heavy (non-hydrogen) atoms. The number of nitrogens with two attached hydrogens (primary N) is 1. The number of nitrogens with zero attached hydrogens (tertiary/aromatic N) is 1. The number of likely N-dealkylation sites (N-methyl/N-ethyl adjacent to an activating group) is 1. The lowest BCUT2D eigenvalue weighted by atomic mass is 10.5. The first kappa shape index (κ1) is 16.3. The topological polar surface area (TPSA) is 156 Å². The standard InChI is InChI=1S/C8H13N5O5S2/c1-2-10-6(14)4-11-20(17,18)7-3-5(13(15)16)8(12-9)19-7/h3,11-12H,2,4,9H2,1H3,(H,10,14). The fraction of sp³-hybridized carbons (Fsp3) is 0.375. The number of rotatable bonds is 7. The van der Waals surface area contributed by atoms with Gasteiger partial charge in [0.2, 0.25) is 5.91 Å². The zero-order valence-corrected chi connectivity index (χ0v) is 12.0. The molecule has 0 aliphatic carbocycles. The van der Waals surface area contributed by atoms with E-state index in [4.69, 9.17) is 5.84 Å². The molecule has 0 saturated carbocycles. The van der Waals surface area contributed by atoms with Gasteiger partial charge in [0, 0.05) is 12.6 Å². The molecule has 0 spiro atoms. The summed E-state index contributed by atoms with van der Waals surface area (Å²) < 4.78 is 25.5. The Morgan fingerprint density at radius 1 is 1.55 bits per heavy atom. The van der Waals surface area contributed by atoms with Crippen LogP contribution in [0.1, 0.15) is 6.92 Å². The predicted octanol–water partition coefficient (Wildman–Crippen LogP) is -0.644. The van der Waals surface area contributed by atoms with Crippen LogP contribution in [0.15, 0.2) is 10.3 Å². The van der Waals surface area contributed by atoms with Gasteiger partial charge in [-0.3, -0.25) is 14.9 Å². The van der Waals surface area contributed by atoms with E-state index >= 15 is 0 Å². The number of amides is 1. The molecule has 12 heteroatoms. The maximum atomic E-state index is 11.9. The highest BCUT2D eigenvalue weighted by molar-refractivity contribution is 7.91. The lowest BCUT2D eigenvalue weighted by molar-refractivity contribution is -0.383. The zero-order valence-electron chi connectivity index (χ0n) is 10.4. The van der Waals surface area contributed by atoms with Crippen LogP contribution < -0.4 is 21.3 Å². The van der Waals surface area contributed by atoms with Crippen LogP contribution in [0.25, 0.3) is 0 Å². The van der Waals surface area contributed by atoms with Gasteiger partial charge in [0.1, 0.15) is 4.21 Å². The largest absolute Gasteiger partial charge is 0.355 e. The maximum absolute atomic E-state index is 11.9. The Balaban J connectivity index is 2.93. The molecule has 1 aromatic rings. The number of carbonyl (C=O) groups excluding carboxylic acids is 1. The van der Waals surface area contributed by atoms with Crippen molar-refractivity contribution in [3.8, 4) is 0 Å². The van der Waals surface area contributed by atoms with E-state index in [9.17, 15) is 23.3 Å². The molecule has 1 heterocycles. The Kier molecular flexibility index (Phi) is 5.38. The lowest BCUT2D eigenvalue weighted by Gasteiger charge is -2.04.